The summed E-state index contributed by atoms with van der Waals surface area (Å²) >= 11 is 13.6. The number of benzene rings is 1. The largest absolute Gasteiger partial charge is 0.495 e. The number of aromatic nitrogens is 1. The lowest BCUT2D eigenvalue weighted by Gasteiger charge is -2.09. The van der Waals surface area contributed by atoms with Gasteiger partial charge in [0.05, 0.1) is 27.4 Å². The van der Waals surface area contributed by atoms with Crippen LogP contribution in [0.1, 0.15) is 12.0 Å². The Morgan fingerprint density at radius 2 is 2.00 bits per heavy atom. The lowest BCUT2D eigenvalue weighted by Crippen LogP contribution is -2.17. The van der Waals surface area contributed by atoms with Crippen molar-refractivity contribution >= 4 is 50.6 Å². The number of methoxy groups -OCH3 is 1. The maximum atomic E-state index is 6.02. The number of anilines is 1. The molecule has 2 N–H and O–H groups in total. The van der Waals surface area contributed by atoms with E-state index in [1.807, 2.05) is 35.7 Å². The minimum absolute atomic E-state index is 0.583. The third-order valence-corrected chi connectivity index (χ3v) is 5.40. The molecule has 4 nitrogen and oxygen atoms in total. The molecule has 0 bridgehead atoms. The second-order valence-corrected chi connectivity index (χ2v) is 7.28. The van der Waals surface area contributed by atoms with E-state index in [4.69, 9.17) is 27.9 Å². The minimum Gasteiger partial charge on any atom is -0.495 e. The van der Waals surface area contributed by atoms with E-state index in [2.05, 4.69) is 15.6 Å². The highest BCUT2D eigenvalue weighted by molar-refractivity contribution is 7.17. The number of pyridine rings is 1. The number of rotatable bonds is 8. The number of nitrogens with zero attached hydrogens (tertiary/aromatic N) is 1. The van der Waals surface area contributed by atoms with Crippen molar-refractivity contribution in [1.82, 2.24) is 10.3 Å². The van der Waals surface area contributed by atoms with Gasteiger partial charge in [0.1, 0.15) is 11.6 Å². The van der Waals surface area contributed by atoms with Crippen LogP contribution in [0.5, 0.6) is 5.75 Å². The molecule has 0 atom stereocenters. The van der Waals surface area contributed by atoms with Crippen molar-refractivity contribution in [3.63, 3.8) is 0 Å². The van der Waals surface area contributed by atoms with Crippen LogP contribution >= 0.6 is 34.5 Å². The van der Waals surface area contributed by atoms with E-state index in [1.54, 1.807) is 18.4 Å². The van der Waals surface area contributed by atoms with Gasteiger partial charge < -0.3 is 15.4 Å². The number of fused-ring (bicyclic) bond motifs is 1. The molecule has 0 saturated carbocycles. The van der Waals surface area contributed by atoms with Gasteiger partial charge in [-0.2, -0.15) is 0 Å². The molecule has 0 aliphatic carbocycles. The molecule has 0 radical (unpaired) electrons. The first-order chi connectivity index (χ1) is 12.2. The smallest absolute Gasteiger partial charge is 0.141 e. The van der Waals surface area contributed by atoms with Gasteiger partial charge in [-0.05, 0) is 42.1 Å². The molecule has 25 heavy (non-hydrogen) atoms. The van der Waals surface area contributed by atoms with E-state index in [0.29, 0.717) is 10.0 Å². The minimum atomic E-state index is 0.583. The van der Waals surface area contributed by atoms with Crippen molar-refractivity contribution in [2.24, 2.45) is 0 Å². The fourth-order valence-electron chi connectivity index (χ4n) is 2.48. The molecule has 3 rings (SSSR count). The standard InChI is InChI=1S/C18H19Cl2N3OS/c1-24-16-10-17(23-15-5-8-25-18(15)16)22-7-2-6-21-11-12-3-4-13(19)14(20)9-12/h3-5,8-10,21H,2,6-7,11H2,1H3,(H,22,23). The Labute approximate surface area is 161 Å². The quantitative estimate of drug-likeness (QED) is 0.514. The van der Waals surface area contributed by atoms with Crippen LogP contribution in [-0.2, 0) is 6.54 Å². The Morgan fingerprint density at radius 3 is 2.80 bits per heavy atom. The summed E-state index contributed by atoms with van der Waals surface area (Å²) in [5.41, 5.74) is 2.08. The van der Waals surface area contributed by atoms with Gasteiger partial charge in [0.2, 0.25) is 0 Å². The summed E-state index contributed by atoms with van der Waals surface area (Å²) in [4.78, 5) is 4.60. The van der Waals surface area contributed by atoms with Crippen LogP contribution in [0.3, 0.4) is 0 Å². The summed E-state index contributed by atoms with van der Waals surface area (Å²) in [7, 11) is 1.69. The first kappa shape index (κ1) is 18.3. The molecule has 0 fully saturated rings. The molecule has 1 aromatic carbocycles. The third kappa shape index (κ3) is 4.76. The van der Waals surface area contributed by atoms with Crippen molar-refractivity contribution in [2.75, 3.05) is 25.5 Å². The maximum Gasteiger partial charge on any atom is 0.141 e. The molecule has 0 saturated heterocycles. The number of ether oxygens (including phenoxy) is 1. The number of hydrogen-bond donors (Lipinski definition) is 2. The SMILES string of the molecule is COc1cc(NCCCNCc2ccc(Cl)c(Cl)c2)nc2ccsc12. The van der Waals surface area contributed by atoms with Crippen molar-refractivity contribution in [3.8, 4) is 5.75 Å². The van der Waals surface area contributed by atoms with Crippen molar-refractivity contribution in [2.45, 2.75) is 13.0 Å². The van der Waals surface area contributed by atoms with Crippen molar-refractivity contribution in [3.05, 3.63) is 51.3 Å². The Kier molecular flexibility index (Phi) is 6.37. The molecule has 0 amide bonds. The maximum absolute atomic E-state index is 6.02. The molecular formula is C18H19Cl2N3OS. The van der Waals surface area contributed by atoms with E-state index < -0.39 is 0 Å². The van der Waals surface area contributed by atoms with Gasteiger partial charge in [0, 0.05) is 19.2 Å². The van der Waals surface area contributed by atoms with Gasteiger partial charge in [-0.15, -0.1) is 11.3 Å². The second-order valence-electron chi connectivity index (χ2n) is 5.55. The zero-order chi connectivity index (χ0) is 17.6. The molecule has 0 aliphatic heterocycles. The topological polar surface area (TPSA) is 46.2 Å². The van der Waals surface area contributed by atoms with Crippen LogP contribution in [0.4, 0.5) is 5.82 Å². The predicted molar refractivity (Wildman–Crippen MR) is 107 cm³/mol. The first-order valence-electron chi connectivity index (χ1n) is 7.98. The average Bonchev–Trinajstić information content (AvgIpc) is 3.08. The van der Waals surface area contributed by atoms with E-state index in [-0.39, 0.29) is 0 Å². The average molecular weight is 396 g/mol. The van der Waals surface area contributed by atoms with E-state index in [9.17, 15) is 0 Å². The van der Waals surface area contributed by atoms with Crippen LogP contribution in [-0.4, -0.2) is 25.2 Å². The highest BCUT2D eigenvalue weighted by Gasteiger charge is 2.07. The molecular weight excluding hydrogens is 377 g/mol. The van der Waals surface area contributed by atoms with Gasteiger partial charge in [-0.25, -0.2) is 4.98 Å². The van der Waals surface area contributed by atoms with Crippen molar-refractivity contribution in [1.29, 1.82) is 0 Å². The zero-order valence-corrected chi connectivity index (χ0v) is 16.1. The van der Waals surface area contributed by atoms with Gasteiger partial charge in [-0.3, -0.25) is 0 Å². The number of thiophene rings is 1. The van der Waals surface area contributed by atoms with Gasteiger partial charge in [-0.1, -0.05) is 29.3 Å². The summed E-state index contributed by atoms with van der Waals surface area (Å²) in [6.45, 7) is 2.50. The van der Waals surface area contributed by atoms with Crippen LogP contribution in [0.25, 0.3) is 10.2 Å². The summed E-state index contributed by atoms with van der Waals surface area (Å²) in [6.07, 6.45) is 0.979. The molecule has 7 heteroatoms. The number of hydrogen-bond acceptors (Lipinski definition) is 5. The van der Waals surface area contributed by atoms with Crippen LogP contribution in [0, 0.1) is 0 Å². The van der Waals surface area contributed by atoms with Gasteiger partial charge in [0.15, 0.2) is 0 Å². The normalized spacial score (nSPS) is 11.0. The van der Waals surface area contributed by atoms with Crippen LogP contribution < -0.4 is 15.4 Å². The molecule has 0 unspecified atom stereocenters. The molecule has 132 valence electrons. The third-order valence-electron chi connectivity index (χ3n) is 3.75. The zero-order valence-electron chi connectivity index (χ0n) is 13.8. The van der Waals surface area contributed by atoms with Gasteiger partial charge >= 0.3 is 0 Å². The molecule has 0 aliphatic rings. The summed E-state index contributed by atoms with van der Waals surface area (Å²) in [5, 5.41) is 9.95. The van der Waals surface area contributed by atoms with Crippen LogP contribution in [0.15, 0.2) is 35.7 Å². The predicted octanol–water partition coefficient (Wildman–Crippen LogP) is 5.20. The fraction of sp³-hybridized carbons (Fsp3) is 0.278. The van der Waals surface area contributed by atoms with E-state index in [1.165, 1.54) is 0 Å². The Balaban J connectivity index is 1.43. The lowest BCUT2D eigenvalue weighted by molar-refractivity contribution is 0.420. The van der Waals surface area contributed by atoms with Crippen LogP contribution in [0.2, 0.25) is 10.0 Å². The molecule has 3 aromatic rings. The van der Waals surface area contributed by atoms with E-state index in [0.717, 1.165) is 53.4 Å². The summed E-state index contributed by atoms with van der Waals surface area (Å²) < 4.78 is 6.52. The monoisotopic (exact) mass is 395 g/mol. The lowest BCUT2D eigenvalue weighted by atomic mass is 10.2. The molecule has 0 spiro atoms. The fourth-order valence-corrected chi connectivity index (χ4v) is 3.63. The highest BCUT2D eigenvalue weighted by atomic mass is 35.5. The van der Waals surface area contributed by atoms with E-state index >= 15 is 0 Å². The highest BCUT2D eigenvalue weighted by Crippen LogP contribution is 2.31. The molecule has 2 heterocycles. The first-order valence-corrected chi connectivity index (χ1v) is 9.61. The molecule has 2 aromatic heterocycles. The van der Waals surface area contributed by atoms with Gasteiger partial charge in [0.25, 0.3) is 0 Å². The summed E-state index contributed by atoms with van der Waals surface area (Å²) in [6, 6.07) is 9.64. The number of nitrogens with one attached hydrogen (secondary N) is 2. The number of halogens is 2. The second kappa shape index (κ2) is 8.72. The Bertz CT molecular complexity index is 853. The Morgan fingerprint density at radius 1 is 1.12 bits per heavy atom. The summed E-state index contributed by atoms with van der Waals surface area (Å²) in [5.74, 6) is 1.70. The Hall–Kier alpha value is -1.53. The van der Waals surface area contributed by atoms with Crippen molar-refractivity contribution < 1.29 is 4.74 Å².